The van der Waals surface area contributed by atoms with Gasteiger partial charge in [-0.3, -0.25) is 9.10 Å². The van der Waals surface area contributed by atoms with Crippen molar-refractivity contribution in [1.29, 1.82) is 0 Å². The van der Waals surface area contributed by atoms with E-state index in [1.807, 2.05) is 36.6 Å². The average Bonchev–Trinajstić information content (AvgIpc) is 2.73. The molecule has 0 saturated heterocycles. The maximum atomic E-state index is 12.2. The van der Waals surface area contributed by atoms with Crippen LogP contribution in [0.15, 0.2) is 53.4 Å². The van der Waals surface area contributed by atoms with Crippen molar-refractivity contribution >= 4 is 33.4 Å². The van der Waals surface area contributed by atoms with Crippen molar-refractivity contribution in [3.63, 3.8) is 0 Å². The highest BCUT2D eigenvalue weighted by Crippen LogP contribution is 2.25. The zero-order chi connectivity index (χ0) is 23.8. The molecule has 1 amide bonds. The number of anilines is 1. The Hall–Kier alpha value is -2.19. The van der Waals surface area contributed by atoms with Crippen molar-refractivity contribution < 1.29 is 17.9 Å². The van der Waals surface area contributed by atoms with Gasteiger partial charge in [-0.15, -0.1) is 11.8 Å². The Kier molecular flexibility index (Phi) is 9.46. The van der Waals surface area contributed by atoms with Crippen LogP contribution < -0.4 is 14.4 Å². The fourth-order valence-electron chi connectivity index (χ4n) is 3.13. The summed E-state index contributed by atoms with van der Waals surface area (Å²) >= 11 is 1.55. The molecule has 0 bridgehead atoms. The summed E-state index contributed by atoms with van der Waals surface area (Å²) in [5.74, 6) is 0.645. The Balaban J connectivity index is 1.76. The molecule has 6 nitrogen and oxygen atoms in total. The minimum atomic E-state index is -3.43. The predicted octanol–water partition coefficient (Wildman–Crippen LogP) is 4.45. The Labute approximate surface area is 196 Å². The molecule has 2 aromatic rings. The van der Waals surface area contributed by atoms with Crippen LogP contribution in [0.3, 0.4) is 0 Å². The Morgan fingerprint density at radius 2 is 1.81 bits per heavy atom. The summed E-state index contributed by atoms with van der Waals surface area (Å²) in [7, 11) is -3.43. The minimum absolute atomic E-state index is 0.0942. The number of ether oxygens (including phenoxy) is 1. The van der Waals surface area contributed by atoms with E-state index in [4.69, 9.17) is 4.74 Å². The summed E-state index contributed by atoms with van der Waals surface area (Å²) in [4.78, 5) is 13.1. The predicted molar refractivity (Wildman–Crippen MR) is 133 cm³/mol. The van der Waals surface area contributed by atoms with Gasteiger partial charge in [-0.25, -0.2) is 8.42 Å². The molecule has 0 heterocycles. The minimum Gasteiger partial charge on any atom is -0.492 e. The molecule has 32 heavy (non-hydrogen) atoms. The van der Waals surface area contributed by atoms with Crippen LogP contribution in [0.25, 0.3) is 0 Å². The molecule has 0 fully saturated rings. The number of thioether (sulfide) groups is 1. The van der Waals surface area contributed by atoms with E-state index in [2.05, 4.69) is 38.2 Å². The van der Waals surface area contributed by atoms with Gasteiger partial charge in [-0.2, -0.15) is 0 Å². The topological polar surface area (TPSA) is 75.7 Å². The summed E-state index contributed by atoms with van der Waals surface area (Å²) in [6.45, 7) is 7.50. The highest BCUT2D eigenvalue weighted by molar-refractivity contribution is 7.98. The zero-order valence-corrected chi connectivity index (χ0v) is 21.2. The highest BCUT2D eigenvalue weighted by Gasteiger charge is 2.18. The van der Waals surface area contributed by atoms with Gasteiger partial charge < -0.3 is 10.1 Å². The number of hydrogen-bond donors (Lipinski definition) is 1. The van der Waals surface area contributed by atoms with Crippen molar-refractivity contribution in [2.75, 3.05) is 36.5 Å². The quantitative estimate of drug-likeness (QED) is 0.382. The number of amides is 1. The van der Waals surface area contributed by atoms with Crippen LogP contribution in [0.4, 0.5) is 5.69 Å². The number of carbonyl (C=O) groups is 1. The lowest BCUT2D eigenvalue weighted by atomic mass is 9.87. The van der Waals surface area contributed by atoms with Crippen LogP contribution in [-0.4, -0.2) is 46.5 Å². The lowest BCUT2D eigenvalue weighted by molar-refractivity contribution is -0.121. The van der Waals surface area contributed by atoms with Gasteiger partial charge in [0.2, 0.25) is 15.9 Å². The first-order chi connectivity index (χ1) is 15.0. The molecule has 176 valence electrons. The SMILES string of the molecule is CSc1cccc(N(CCCC(=O)NCCOc2ccc(C(C)(C)C)cc2)S(C)(=O)=O)c1. The second kappa shape index (κ2) is 11.6. The van der Waals surface area contributed by atoms with Crippen molar-refractivity contribution in [2.24, 2.45) is 0 Å². The van der Waals surface area contributed by atoms with E-state index in [-0.39, 0.29) is 24.3 Å². The summed E-state index contributed by atoms with van der Waals surface area (Å²) in [5.41, 5.74) is 1.95. The van der Waals surface area contributed by atoms with Crippen molar-refractivity contribution in [2.45, 2.75) is 43.9 Å². The van der Waals surface area contributed by atoms with Gasteiger partial charge in [0.05, 0.1) is 18.5 Å². The standard InChI is InChI=1S/C24H34N2O4S2/c1-24(2,3)19-11-13-21(14-12-19)30-17-15-25-23(27)10-7-16-26(32(5,28)29)20-8-6-9-22(18-20)31-4/h6,8-9,11-14,18H,7,10,15-17H2,1-5H3,(H,25,27). The first-order valence-corrected chi connectivity index (χ1v) is 13.7. The van der Waals surface area contributed by atoms with E-state index in [1.165, 1.54) is 16.1 Å². The second-order valence-corrected chi connectivity index (χ2v) is 11.4. The van der Waals surface area contributed by atoms with Gasteiger partial charge in [0, 0.05) is 17.9 Å². The first-order valence-electron chi connectivity index (χ1n) is 10.6. The summed E-state index contributed by atoms with van der Waals surface area (Å²) in [5, 5.41) is 2.82. The van der Waals surface area contributed by atoms with E-state index < -0.39 is 10.0 Å². The van der Waals surface area contributed by atoms with Gasteiger partial charge in [0.1, 0.15) is 12.4 Å². The highest BCUT2D eigenvalue weighted by atomic mass is 32.2. The number of sulfonamides is 1. The lowest BCUT2D eigenvalue weighted by Crippen LogP contribution is -2.32. The maximum absolute atomic E-state index is 12.2. The normalized spacial score (nSPS) is 11.8. The number of nitrogens with one attached hydrogen (secondary N) is 1. The second-order valence-electron chi connectivity index (χ2n) is 8.61. The third-order valence-corrected chi connectivity index (χ3v) is 6.84. The smallest absolute Gasteiger partial charge is 0.232 e. The molecule has 0 aliphatic rings. The van der Waals surface area contributed by atoms with Crippen molar-refractivity contribution in [1.82, 2.24) is 5.32 Å². The molecule has 0 unspecified atom stereocenters. The molecule has 1 N–H and O–H groups in total. The molecule has 0 radical (unpaired) electrons. The molecule has 2 aromatic carbocycles. The third-order valence-electron chi connectivity index (χ3n) is 4.92. The van der Waals surface area contributed by atoms with E-state index in [1.54, 1.807) is 17.8 Å². The largest absolute Gasteiger partial charge is 0.492 e. The molecule has 0 spiro atoms. The lowest BCUT2D eigenvalue weighted by Gasteiger charge is -2.22. The summed E-state index contributed by atoms with van der Waals surface area (Å²) in [6.07, 6.45) is 3.80. The Bertz CT molecular complexity index is 984. The van der Waals surface area contributed by atoms with Crippen LogP contribution in [0.1, 0.15) is 39.2 Å². The monoisotopic (exact) mass is 478 g/mol. The molecule has 0 atom stereocenters. The van der Waals surface area contributed by atoms with Gasteiger partial charge in [0.25, 0.3) is 0 Å². The number of nitrogens with zero attached hydrogens (tertiary/aromatic N) is 1. The number of rotatable bonds is 11. The number of hydrogen-bond acceptors (Lipinski definition) is 5. The van der Waals surface area contributed by atoms with Gasteiger partial charge in [0.15, 0.2) is 0 Å². The molecule has 0 aliphatic heterocycles. The van der Waals surface area contributed by atoms with E-state index in [9.17, 15) is 13.2 Å². The summed E-state index contributed by atoms with van der Waals surface area (Å²) < 4.78 is 31.5. The molecule has 0 saturated carbocycles. The molecule has 2 rings (SSSR count). The van der Waals surface area contributed by atoms with Crippen LogP contribution in [0.5, 0.6) is 5.75 Å². The Morgan fingerprint density at radius 1 is 1.12 bits per heavy atom. The van der Waals surface area contributed by atoms with Gasteiger partial charge in [-0.05, 0) is 54.0 Å². The summed E-state index contributed by atoms with van der Waals surface area (Å²) in [6, 6.07) is 15.4. The fraction of sp³-hybridized carbons (Fsp3) is 0.458. The maximum Gasteiger partial charge on any atom is 0.232 e. The fourth-order valence-corrected chi connectivity index (χ4v) is 4.54. The molecule has 0 aliphatic carbocycles. The third kappa shape index (κ3) is 8.39. The van der Waals surface area contributed by atoms with Crippen LogP contribution in [0.2, 0.25) is 0 Å². The number of carbonyl (C=O) groups excluding carboxylic acids is 1. The van der Waals surface area contributed by atoms with Gasteiger partial charge >= 0.3 is 0 Å². The van der Waals surface area contributed by atoms with Crippen molar-refractivity contribution in [3.05, 3.63) is 54.1 Å². The molecular weight excluding hydrogens is 444 g/mol. The first kappa shape index (κ1) is 26.1. The van der Waals surface area contributed by atoms with Crippen LogP contribution in [0, 0.1) is 0 Å². The molecule has 8 heteroatoms. The van der Waals surface area contributed by atoms with Crippen molar-refractivity contribution in [3.8, 4) is 5.75 Å². The van der Waals surface area contributed by atoms with E-state index >= 15 is 0 Å². The van der Waals surface area contributed by atoms with Crippen LogP contribution >= 0.6 is 11.8 Å². The van der Waals surface area contributed by atoms with Crippen LogP contribution in [-0.2, 0) is 20.2 Å². The average molecular weight is 479 g/mol. The zero-order valence-electron chi connectivity index (χ0n) is 19.6. The number of benzene rings is 2. The molecular formula is C24H34N2O4S2. The van der Waals surface area contributed by atoms with Gasteiger partial charge in [-0.1, -0.05) is 39.0 Å². The molecule has 0 aromatic heterocycles. The Morgan fingerprint density at radius 3 is 2.41 bits per heavy atom. The van der Waals surface area contributed by atoms with E-state index in [0.717, 1.165) is 10.6 Å². The van der Waals surface area contributed by atoms with E-state index in [0.29, 0.717) is 25.3 Å².